The lowest BCUT2D eigenvalue weighted by Gasteiger charge is -2.41. The van der Waals surface area contributed by atoms with E-state index in [1.165, 1.54) is 12.1 Å². The van der Waals surface area contributed by atoms with Crippen LogP contribution in [0.3, 0.4) is 0 Å². The molecule has 43 heavy (non-hydrogen) atoms. The molecule has 2 atom stereocenters. The van der Waals surface area contributed by atoms with Crippen molar-refractivity contribution in [3.8, 4) is 11.4 Å². The summed E-state index contributed by atoms with van der Waals surface area (Å²) in [5.41, 5.74) is -0.604. The number of hydrogen-bond acceptors (Lipinski definition) is 7. The maximum Gasteiger partial charge on any atom is 0.416 e. The number of alkyl halides is 3. The Kier molecular flexibility index (Phi) is 7.91. The number of aromatic nitrogens is 3. The Hall–Kier alpha value is -3.90. The molecule has 1 aromatic carbocycles. The van der Waals surface area contributed by atoms with Gasteiger partial charge in [-0.05, 0) is 74.9 Å². The summed E-state index contributed by atoms with van der Waals surface area (Å²) in [6.07, 6.45) is 4.94. The van der Waals surface area contributed by atoms with E-state index in [2.05, 4.69) is 25.2 Å². The van der Waals surface area contributed by atoms with Gasteiger partial charge in [-0.15, -0.1) is 0 Å². The Balaban J connectivity index is 1.01. The number of rotatable bonds is 6. The van der Waals surface area contributed by atoms with Crippen molar-refractivity contribution in [2.75, 3.05) is 19.6 Å². The first-order valence-electron chi connectivity index (χ1n) is 14.6. The van der Waals surface area contributed by atoms with E-state index in [1.54, 1.807) is 29.6 Å². The summed E-state index contributed by atoms with van der Waals surface area (Å²) in [6, 6.07) is 10.2. The number of fused-ring (bicyclic) bond motifs is 1. The number of nitrogens with zero attached hydrogens (tertiary/aromatic N) is 5. The maximum atomic E-state index is 13.1. The molecule has 2 N–H and O–H groups in total. The molecule has 0 spiro atoms. The van der Waals surface area contributed by atoms with Gasteiger partial charge in [0.2, 0.25) is 5.91 Å². The van der Waals surface area contributed by atoms with Crippen LogP contribution in [0.4, 0.5) is 13.2 Å². The van der Waals surface area contributed by atoms with E-state index in [0.29, 0.717) is 36.9 Å². The molecule has 0 radical (unpaired) electrons. The van der Waals surface area contributed by atoms with Crippen LogP contribution in [-0.2, 0) is 16.6 Å². The number of aliphatic hydroxyl groups is 1. The Bertz CT molecular complexity index is 1460. The van der Waals surface area contributed by atoms with E-state index in [-0.39, 0.29) is 30.1 Å². The third kappa shape index (κ3) is 5.98. The summed E-state index contributed by atoms with van der Waals surface area (Å²) in [5, 5.41) is 13.9. The molecule has 9 nitrogen and oxygen atoms in total. The lowest BCUT2D eigenvalue weighted by Crippen LogP contribution is -2.47. The lowest BCUT2D eigenvalue weighted by molar-refractivity contribution is -0.137. The third-order valence-electron chi connectivity index (χ3n) is 9.11. The van der Waals surface area contributed by atoms with Crippen molar-refractivity contribution < 1.29 is 27.9 Å². The van der Waals surface area contributed by atoms with Gasteiger partial charge in [-0.2, -0.15) is 13.2 Å². The fourth-order valence-corrected chi connectivity index (χ4v) is 6.90. The molecule has 226 valence electrons. The fourth-order valence-electron chi connectivity index (χ4n) is 6.90. The third-order valence-corrected chi connectivity index (χ3v) is 9.11. The molecular weight excluding hydrogens is 561 g/mol. The van der Waals surface area contributed by atoms with E-state index < -0.39 is 23.2 Å². The van der Waals surface area contributed by atoms with Gasteiger partial charge in [0.25, 0.3) is 5.91 Å². The molecular formula is C31H33F3N6O3. The van der Waals surface area contributed by atoms with Gasteiger partial charge in [-0.25, -0.2) is 9.97 Å². The largest absolute Gasteiger partial charge is 0.416 e. The Morgan fingerprint density at radius 3 is 2.40 bits per heavy atom. The minimum Gasteiger partial charge on any atom is -0.384 e. The van der Waals surface area contributed by atoms with Crippen LogP contribution in [0.5, 0.6) is 0 Å². The molecule has 4 heterocycles. The average molecular weight is 595 g/mol. The normalized spacial score (nSPS) is 25.9. The van der Waals surface area contributed by atoms with Gasteiger partial charge in [-0.3, -0.25) is 19.5 Å². The minimum absolute atomic E-state index is 0.0354. The summed E-state index contributed by atoms with van der Waals surface area (Å²) < 4.78 is 39.0. The zero-order chi connectivity index (χ0) is 30.2. The van der Waals surface area contributed by atoms with Gasteiger partial charge < -0.3 is 15.3 Å². The van der Waals surface area contributed by atoms with Crippen molar-refractivity contribution in [2.24, 2.45) is 0 Å². The molecule has 1 saturated carbocycles. The van der Waals surface area contributed by atoms with Gasteiger partial charge in [0.1, 0.15) is 5.60 Å². The highest BCUT2D eigenvalue weighted by molar-refractivity contribution is 5.96. The molecule has 2 amide bonds. The van der Waals surface area contributed by atoms with Crippen LogP contribution < -0.4 is 5.32 Å². The van der Waals surface area contributed by atoms with E-state index >= 15 is 0 Å². The average Bonchev–Trinajstić information content (AvgIpc) is 3.63. The first-order valence-corrected chi connectivity index (χ1v) is 14.6. The molecule has 2 unspecified atom stereocenters. The molecule has 2 saturated heterocycles. The van der Waals surface area contributed by atoms with Gasteiger partial charge in [0.05, 0.1) is 17.8 Å². The molecule has 2 aromatic heterocycles. The van der Waals surface area contributed by atoms with Crippen molar-refractivity contribution in [1.82, 2.24) is 30.1 Å². The molecule has 1 aliphatic carbocycles. The monoisotopic (exact) mass is 594 g/mol. The molecule has 2 aliphatic heterocycles. The van der Waals surface area contributed by atoms with Crippen molar-refractivity contribution in [1.29, 1.82) is 0 Å². The highest BCUT2D eigenvalue weighted by Crippen LogP contribution is 2.42. The second-order valence-corrected chi connectivity index (χ2v) is 11.6. The predicted octanol–water partition coefficient (Wildman–Crippen LogP) is 3.79. The Labute approximate surface area is 247 Å². The molecule has 12 heteroatoms. The lowest BCUT2D eigenvalue weighted by atomic mass is 9.79. The number of benzene rings is 1. The van der Waals surface area contributed by atoms with Crippen LogP contribution in [0.25, 0.3) is 11.4 Å². The number of nitrogens with one attached hydrogen (secondary N) is 1. The van der Waals surface area contributed by atoms with Gasteiger partial charge in [0.15, 0.2) is 5.82 Å². The first-order chi connectivity index (χ1) is 20.6. The quantitative estimate of drug-likeness (QED) is 0.447. The van der Waals surface area contributed by atoms with Crippen molar-refractivity contribution in [2.45, 2.75) is 68.4 Å². The van der Waals surface area contributed by atoms with E-state index in [4.69, 9.17) is 0 Å². The number of carbonyl (C=O) groups is 2. The van der Waals surface area contributed by atoms with E-state index in [1.807, 2.05) is 12.1 Å². The Morgan fingerprint density at radius 2 is 1.70 bits per heavy atom. The standard InChI is InChI=1S/C31H33F3N6O3/c32-31(33,34)22-4-1-3-20(17-22)29(42)38-19-27(41)40-16-10-24-25(40)9-15-39(24)23-7-11-30(43,12-8-23)26-6-5-21(18-37-26)28-35-13-2-14-36-28/h1-6,13-14,17-18,23-25,43H,7-12,15-16,19H2,(H,38,42). The molecule has 3 aliphatic rings. The van der Waals surface area contributed by atoms with Crippen LogP contribution in [0.2, 0.25) is 0 Å². The SMILES string of the molecule is O=C(NCC(=O)N1CCC2C1CCN2C1CCC(O)(c2ccc(-c3ncccn3)cn2)CC1)c1cccc(C(F)(F)F)c1. The minimum atomic E-state index is -4.55. The van der Waals surface area contributed by atoms with Crippen LogP contribution in [0.1, 0.15) is 60.1 Å². The van der Waals surface area contributed by atoms with Crippen LogP contribution in [0.15, 0.2) is 61.1 Å². The number of likely N-dealkylation sites (tertiary alicyclic amines) is 2. The van der Waals surface area contributed by atoms with Gasteiger partial charge >= 0.3 is 6.18 Å². The number of hydrogen-bond donors (Lipinski definition) is 2. The smallest absolute Gasteiger partial charge is 0.384 e. The molecule has 0 bridgehead atoms. The Morgan fingerprint density at radius 1 is 0.953 bits per heavy atom. The van der Waals surface area contributed by atoms with Crippen molar-refractivity contribution in [3.63, 3.8) is 0 Å². The second kappa shape index (κ2) is 11.6. The van der Waals surface area contributed by atoms with E-state index in [0.717, 1.165) is 49.9 Å². The molecule has 3 aromatic rings. The molecule has 3 fully saturated rings. The fraction of sp³-hybridized carbons (Fsp3) is 0.452. The van der Waals surface area contributed by atoms with Crippen LogP contribution >= 0.6 is 0 Å². The first kappa shape index (κ1) is 29.2. The molecule has 6 rings (SSSR count). The van der Waals surface area contributed by atoms with Crippen molar-refractivity contribution in [3.05, 3.63) is 77.9 Å². The summed E-state index contributed by atoms with van der Waals surface area (Å²) in [5.74, 6) is -0.360. The summed E-state index contributed by atoms with van der Waals surface area (Å²) >= 11 is 0. The highest BCUT2D eigenvalue weighted by atomic mass is 19.4. The second-order valence-electron chi connectivity index (χ2n) is 11.6. The number of amides is 2. The van der Waals surface area contributed by atoms with Crippen molar-refractivity contribution >= 4 is 11.8 Å². The van der Waals surface area contributed by atoms with Gasteiger partial charge in [0, 0.05) is 60.9 Å². The summed E-state index contributed by atoms with van der Waals surface area (Å²) in [6.45, 7) is 1.15. The predicted molar refractivity (Wildman–Crippen MR) is 150 cm³/mol. The highest BCUT2D eigenvalue weighted by Gasteiger charge is 2.48. The topological polar surface area (TPSA) is 112 Å². The van der Waals surface area contributed by atoms with Gasteiger partial charge in [-0.1, -0.05) is 6.07 Å². The zero-order valence-corrected chi connectivity index (χ0v) is 23.5. The summed E-state index contributed by atoms with van der Waals surface area (Å²) in [4.78, 5) is 42.9. The maximum absolute atomic E-state index is 13.1. The number of carbonyl (C=O) groups excluding carboxylic acids is 2. The van der Waals surface area contributed by atoms with E-state index in [9.17, 15) is 27.9 Å². The summed E-state index contributed by atoms with van der Waals surface area (Å²) in [7, 11) is 0. The van der Waals surface area contributed by atoms with Crippen LogP contribution in [-0.4, -0.2) is 79.4 Å². The number of halogens is 3. The van der Waals surface area contributed by atoms with Crippen LogP contribution in [0, 0.1) is 0 Å². The number of pyridine rings is 1. The zero-order valence-electron chi connectivity index (χ0n) is 23.5.